The summed E-state index contributed by atoms with van der Waals surface area (Å²) in [5.74, 6) is 1.41. The van der Waals surface area contributed by atoms with Gasteiger partial charge in [0.1, 0.15) is 12.4 Å². The first-order valence-electron chi connectivity index (χ1n) is 10.7. The number of para-hydroxylation sites is 2. The van der Waals surface area contributed by atoms with Gasteiger partial charge in [-0.2, -0.15) is 9.36 Å². The Bertz CT molecular complexity index is 1010. The van der Waals surface area contributed by atoms with E-state index in [1.54, 1.807) is 6.07 Å². The highest BCUT2D eigenvalue weighted by Gasteiger charge is 2.20. The van der Waals surface area contributed by atoms with E-state index in [4.69, 9.17) is 14.5 Å². The first kappa shape index (κ1) is 22.0. The van der Waals surface area contributed by atoms with E-state index in [9.17, 15) is 4.79 Å². The number of anilines is 2. The van der Waals surface area contributed by atoms with Crippen LogP contribution in [0.5, 0.6) is 5.75 Å². The van der Waals surface area contributed by atoms with Gasteiger partial charge >= 0.3 is 6.09 Å². The molecule has 0 saturated carbocycles. The van der Waals surface area contributed by atoms with Crippen LogP contribution in [-0.2, 0) is 4.74 Å². The van der Waals surface area contributed by atoms with Gasteiger partial charge in [0, 0.05) is 49.8 Å². The standard InChI is InChI=1S/C23H27N5O3S/c1-2-30-20-11-7-6-10-19(20)24-23(29)31-17-16-27-12-14-28(15-13-27)22-25-21(26-32-22)18-8-4-3-5-9-18/h3-11H,2,12-17H2,1H3,(H,24,29). The number of nitrogens with zero attached hydrogens (tertiary/aromatic N) is 4. The Balaban J connectivity index is 1.19. The Kier molecular flexibility index (Phi) is 7.52. The SMILES string of the molecule is CCOc1ccccc1NC(=O)OCCN1CCN(c2nc(-c3ccccc3)ns2)CC1. The lowest BCUT2D eigenvalue weighted by molar-refractivity contribution is 0.137. The summed E-state index contributed by atoms with van der Waals surface area (Å²) in [4.78, 5) is 21.4. The minimum absolute atomic E-state index is 0.333. The van der Waals surface area contributed by atoms with Crippen LogP contribution in [0.25, 0.3) is 11.4 Å². The first-order valence-corrected chi connectivity index (χ1v) is 11.5. The van der Waals surface area contributed by atoms with Crippen molar-refractivity contribution in [3.05, 3.63) is 54.6 Å². The fourth-order valence-electron chi connectivity index (χ4n) is 3.48. The smallest absolute Gasteiger partial charge is 0.411 e. The van der Waals surface area contributed by atoms with E-state index in [0.29, 0.717) is 31.2 Å². The molecular weight excluding hydrogens is 426 g/mol. The van der Waals surface area contributed by atoms with Gasteiger partial charge in [-0.25, -0.2) is 4.79 Å². The molecule has 0 bridgehead atoms. The van der Waals surface area contributed by atoms with Crippen LogP contribution in [0, 0.1) is 0 Å². The summed E-state index contributed by atoms with van der Waals surface area (Å²) in [6, 6.07) is 17.4. The minimum Gasteiger partial charge on any atom is -0.492 e. The average molecular weight is 454 g/mol. The van der Waals surface area contributed by atoms with Gasteiger partial charge < -0.3 is 14.4 Å². The molecule has 1 aliphatic heterocycles. The number of amides is 1. The zero-order valence-electron chi connectivity index (χ0n) is 18.1. The van der Waals surface area contributed by atoms with Crippen molar-refractivity contribution in [3.63, 3.8) is 0 Å². The summed E-state index contributed by atoms with van der Waals surface area (Å²) in [7, 11) is 0. The second-order valence-corrected chi connectivity index (χ2v) is 8.02. The van der Waals surface area contributed by atoms with Crippen molar-refractivity contribution < 1.29 is 14.3 Å². The van der Waals surface area contributed by atoms with Gasteiger partial charge in [-0.3, -0.25) is 10.2 Å². The molecule has 2 aromatic carbocycles. The van der Waals surface area contributed by atoms with Gasteiger partial charge in [-0.1, -0.05) is 42.5 Å². The van der Waals surface area contributed by atoms with Gasteiger partial charge in [0.25, 0.3) is 0 Å². The number of hydrogen-bond donors (Lipinski definition) is 1. The van der Waals surface area contributed by atoms with Gasteiger partial charge in [-0.15, -0.1) is 0 Å². The van der Waals surface area contributed by atoms with E-state index in [1.165, 1.54) is 11.5 Å². The van der Waals surface area contributed by atoms with E-state index in [0.717, 1.165) is 42.7 Å². The zero-order chi connectivity index (χ0) is 22.2. The zero-order valence-corrected chi connectivity index (χ0v) is 18.9. The van der Waals surface area contributed by atoms with Crippen molar-refractivity contribution in [3.8, 4) is 17.1 Å². The minimum atomic E-state index is -0.474. The van der Waals surface area contributed by atoms with Gasteiger partial charge in [-0.05, 0) is 19.1 Å². The summed E-state index contributed by atoms with van der Waals surface area (Å²) in [5.41, 5.74) is 1.65. The van der Waals surface area contributed by atoms with Gasteiger partial charge in [0.05, 0.1) is 12.3 Å². The molecule has 0 atom stereocenters. The third-order valence-corrected chi connectivity index (χ3v) is 5.93. The predicted molar refractivity (Wildman–Crippen MR) is 127 cm³/mol. The molecule has 0 aliphatic carbocycles. The molecule has 3 aromatic rings. The third kappa shape index (κ3) is 5.74. The molecule has 168 valence electrons. The molecule has 1 aromatic heterocycles. The van der Waals surface area contributed by atoms with Crippen molar-refractivity contribution in [2.45, 2.75) is 6.92 Å². The van der Waals surface area contributed by atoms with Crippen LogP contribution in [0.3, 0.4) is 0 Å². The number of rotatable bonds is 8. The molecule has 32 heavy (non-hydrogen) atoms. The van der Waals surface area contributed by atoms with E-state index >= 15 is 0 Å². The summed E-state index contributed by atoms with van der Waals surface area (Å²) < 4.78 is 15.4. The van der Waals surface area contributed by atoms with Crippen LogP contribution in [0.15, 0.2) is 54.6 Å². The Morgan fingerprint density at radius 1 is 1.06 bits per heavy atom. The summed E-state index contributed by atoms with van der Waals surface area (Å²) in [6.07, 6.45) is -0.474. The number of aromatic nitrogens is 2. The Hall–Kier alpha value is -3.17. The second-order valence-electron chi connectivity index (χ2n) is 7.29. The number of carbonyl (C=O) groups excluding carboxylic acids is 1. The number of carbonyl (C=O) groups is 1. The molecule has 1 amide bonds. The molecule has 1 aliphatic rings. The van der Waals surface area contributed by atoms with Crippen LogP contribution in [0.2, 0.25) is 0 Å². The fraction of sp³-hybridized carbons (Fsp3) is 0.348. The molecular formula is C23H27N5O3S. The Morgan fingerprint density at radius 3 is 2.59 bits per heavy atom. The van der Waals surface area contributed by atoms with E-state index < -0.39 is 6.09 Å². The Morgan fingerprint density at radius 2 is 1.81 bits per heavy atom. The summed E-state index contributed by atoms with van der Waals surface area (Å²) in [6.45, 7) is 6.98. The lowest BCUT2D eigenvalue weighted by Crippen LogP contribution is -2.47. The molecule has 0 spiro atoms. The molecule has 0 radical (unpaired) electrons. The summed E-state index contributed by atoms with van der Waals surface area (Å²) >= 11 is 1.44. The molecule has 1 N–H and O–H groups in total. The number of benzene rings is 2. The van der Waals surface area contributed by atoms with Crippen molar-refractivity contribution >= 4 is 28.4 Å². The van der Waals surface area contributed by atoms with Gasteiger partial charge in [0.2, 0.25) is 5.13 Å². The number of nitrogens with one attached hydrogen (secondary N) is 1. The topological polar surface area (TPSA) is 79.8 Å². The highest BCUT2D eigenvalue weighted by atomic mass is 32.1. The van der Waals surface area contributed by atoms with Crippen molar-refractivity contribution in [2.75, 3.05) is 56.2 Å². The molecule has 9 heteroatoms. The third-order valence-electron chi connectivity index (χ3n) is 5.15. The Labute approximate surface area is 192 Å². The maximum atomic E-state index is 12.1. The summed E-state index contributed by atoms with van der Waals surface area (Å²) in [5, 5.41) is 3.70. The number of ether oxygens (including phenoxy) is 2. The monoisotopic (exact) mass is 453 g/mol. The fourth-order valence-corrected chi connectivity index (χ4v) is 4.22. The van der Waals surface area contributed by atoms with Crippen LogP contribution in [-0.4, -0.2) is 66.3 Å². The molecule has 0 unspecified atom stereocenters. The van der Waals surface area contributed by atoms with Crippen molar-refractivity contribution in [2.24, 2.45) is 0 Å². The molecule has 8 nitrogen and oxygen atoms in total. The second kappa shape index (κ2) is 10.9. The van der Waals surface area contributed by atoms with Crippen molar-refractivity contribution in [1.82, 2.24) is 14.3 Å². The van der Waals surface area contributed by atoms with Crippen LogP contribution >= 0.6 is 11.5 Å². The van der Waals surface area contributed by atoms with E-state index in [2.05, 4.69) is 19.5 Å². The number of hydrogen-bond acceptors (Lipinski definition) is 8. The number of piperazine rings is 1. The highest BCUT2D eigenvalue weighted by Crippen LogP contribution is 2.25. The van der Waals surface area contributed by atoms with Crippen LogP contribution in [0.4, 0.5) is 15.6 Å². The molecule has 4 rings (SSSR count). The van der Waals surface area contributed by atoms with Crippen LogP contribution in [0.1, 0.15) is 6.92 Å². The maximum Gasteiger partial charge on any atom is 0.411 e. The molecule has 1 fully saturated rings. The highest BCUT2D eigenvalue weighted by molar-refractivity contribution is 7.09. The molecule has 1 saturated heterocycles. The maximum absolute atomic E-state index is 12.1. The first-order chi connectivity index (χ1) is 15.7. The quantitative estimate of drug-likeness (QED) is 0.553. The predicted octanol–water partition coefficient (Wildman–Crippen LogP) is 3.97. The normalized spacial score (nSPS) is 14.2. The van der Waals surface area contributed by atoms with E-state index in [1.807, 2.05) is 55.5 Å². The van der Waals surface area contributed by atoms with Crippen molar-refractivity contribution in [1.29, 1.82) is 0 Å². The average Bonchev–Trinajstić information content (AvgIpc) is 3.32. The lowest BCUT2D eigenvalue weighted by atomic mass is 10.2. The lowest BCUT2D eigenvalue weighted by Gasteiger charge is -2.34. The molecule has 2 heterocycles. The van der Waals surface area contributed by atoms with E-state index in [-0.39, 0.29) is 0 Å². The largest absolute Gasteiger partial charge is 0.492 e. The van der Waals surface area contributed by atoms with Gasteiger partial charge in [0.15, 0.2) is 5.82 Å². The van der Waals surface area contributed by atoms with Crippen LogP contribution < -0.4 is 15.0 Å².